The van der Waals surface area contributed by atoms with E-state index < -0.39 is 17.7 Å². The van der Waals surface area contributed by atoms with E-state index in [-0.39, 0.29) is 18.6 Å². The molecule has 4 rings (SSSR count). The summed E-state index contributed by atoms with van der Waals surface area (Å²) in [5.41, 5.74) is 2.71. The lowest BCUT2D eigenvalue weighted by Crippen LogP contribution is -2.38. The first-order valence-electron chi connectivity index (χ1n) is 11.6. The van der Waals surface area contributed by atoms with Crippen molar-refractivity contribution < 1.29 is 23.1 Å². The minimum atomic E-state index is -0.886. The quantitative estimate of drug-likeness (QED) is 0.305. The second-order valence-corrected chi connectivity index (χ2v) is 9.84. The maximum Gasteiger partial charge on any atom is 0.254 e. The van der Waals surface area contributed by atoms with Crippen LogP contribution in [0.5, 0.6) is 5.75 Å². The largest absolute Gasteiger partial charge is 0.489 e. The van der Waals surface area contributed by atoms with Gasteiger partial charge in [0.1, 0.15) is 18.6 Å². The van der Waals surface area contributed by atoms with E-state index in [2.05, 4.69) is 0 Å². The van der Waals surface area contributed by atoms with E-state index in [0.29, 0.717) is 34.7 Å². The van der Waals surface area contributed by atoms with E-state index in [1.54, 1.807) is 47.4 Å². The number of carbonyl (C=O) groups is 2. The number of rotatable bonds is 8. The number of carbonyl (C=O) groups excluding carboxylic acids is 2. The van der Waals surface area contributed by atoms with Crippen LogP contribution in [0.25, 0.3) is 11.1 Å². The Kier molecular flexibility index (Phi) is 8.06. The average molecular weight is 511 g/mol. The highest BCUT2D eigenvalue weighted by Gasteiger charge is 2.36. The summed E-state index contributed by atoms with van der Waals surface area (Å²) in [7, 11) is 3.90. The van der Waals surface area contributed by atoms with Gasteiger partial charge < -0.3 is 19.3 Å². The smallest absolute Gasteiger partial charge is 0.254 e. The van der Waals surface area contributed by atoms with Crippen LogP contribution < -0.4 is 4.74 Å². The summed E-state index contributed by atoms with van der Waals surface area (Å²) in [6.07, 6.45) is 3.29. The minimum Gasteiger partial charge on any atom is -0.489 e. The molecule has 0 aromatic heterocycles. The van der Waals surface area contributed by atoms with Crippen molar-refractivity contribution in [3.63, 3.8) is 0 Å². The summed E-state index contributed by atoms with van der Waals surface area (Å²) in [6, 6.07) is 16.5. The maximum absolute atomic E-state index is 13.8. The minimum absolute atomic E-state index is 0.150. The molecular weight excluding hydrogens is 482 g/mol. The number of likely N-dealkylation sites (tertiary alicyclic amines) is 1. The molecule has 0 N–H and O–H groups in total. The van der Waals surface area contributed by atoms with Crippen LogP contribution in [0.15, 0.2) is 65.6 Å². The van der Waals surface area contributed by atoms with Crippen LogP contribution in [0, 0.1) is 11.6 Å². The van der Waals surface area contributed by atoms with E-state index in [0.717, 1.165) is 17.4 Å². The first-order chi connectivity index (χ1) is 17.3. The van der Waals surface area contributed by atoms with E-state index in [1.165, 1.54) is 23.9 Å². The predicted molar refractivity (Wildman–Crippen MR) is 137 cm³/mol. The van der Waals surface area contributed by atoms with Crippen LogP contribution in [0.3, 0.4) is 0 Å². The van der Waals surface area contributed by atoms with Crippen molar-refractivity contribution in [2.75, 3.05) is 26.9 Å². The molecule has 1 heterocycles. The molecule has 0 unspecified atom stereocenters. The zero-order valence-electron chi connectivity index (χ0n) is 20.4. The number of hydrogen-bond donors (Lipinski definition) is 0. The van der Waals surface area contributed by atoms with Gasteiger partial charge in [0, 0.05) is 23.0 Å². The first-order valence-corrected chi connectivity index (χ1v) is 12.8. The number of hydrogen-bond acceptors (Lipinski definition) is 5. The Morgan fingerprint density at radius 1 is 1.11 bits per heavy atom. The third kappa shape index (κ3) is 5.60. The predicted octanol–water partition coefficient (Wildman–Crippen LogP) is 5.28. The molecule has 8 heteroatoms. The number of nitrogens with zero attached hydrogens (tertiary/aromatic N) is 2. The van der Waals surface area contributed by atoms with Crippen molar-refractivity contribution in [3.05, 3.63) is 83.4 Å². The van der Waals surface area contributed by atoms with Crippen molar-refractivity contribution in [3.8, 4) is 16.9 Å². The fourth-order valence-corrected chi connectivity index (χ4v) is 4.98. The molecule has 0 aliphatic carbocycles. The van der Waals surface area contributed by atoms with E-state index >= 15 is 0 Å². The average Bonchev–Trinajstić information content (AvgIpc) is 3.34. The molecule has 36 heavy (non-hydrogen) atoms. The summed E-state index contributed by atoms with van der Waals surface area (Å²) in [5, 5.41) is 0. The molecule has 5 nitrogen and oxygen atoms in total. The van der Waals surface area contributed by atoms with Gasteiger partial charge in [-0.05, 0) is 79.9 Å². The number of halogens is 2. The Hall–Kier alpha value is -3.23. The number of benzene rings is 3. The van der Waals surface area contributed by atoms with Gasteiger partial charge in [-0.3, -0.25) is 4.79 Å². The molecular formula is C28H28F2N2O3S. The molecule has 0 spiro atoms. The molecule has 2 atom stereocenters. The highest BCUT2D eigenvalue weighted by molar-refractivity contribution is 7.98. The number of likely N-dealkylation sites (N-methyl/N-ethyl adjacent to an activating group) is 1. The van der Waals surface area contributed by atoms with Gasteiger partial charge in [-0.1, -0.05) is 24.3 Å². The topological polar surface area (TPSA) is 49.9 Å². The lowest BCUT2D eigenvalue weighted by Gasteiger charge is -2.22. The zero-order valence-corrected chi connectivity index (χ0v) is 21.2. The molecule has 0 bridgehead atoms. The van der Waals surface area contributed by atoms with Gasteiger partial charge in [-0.25, -0.2) is 8.78 Å². The molecule has 1 fully saturated rings. The summed E-state index contributed by atoms with van der Waals surface area (Å²) < 4.78 is 33.3. The first kappa shape index (κ1) is 25.9. The summed E-state index contributed by atoms with van der Waals surface area (Å²) >= 11 is 1.35. The number of aldehydes is 1. The van der Waals surface area contributed by atoms with Crippen LogP contribution in [0.1, 0.15) is 22.3 Å². The van der Waals surface area contributed by atoms with Crippen molar-refractivity contribution in [2.24, 2.45) is 0 Å². The number of amides is 1. The van der Waals surface area contributed by atoms with E-state index in [9.17, 15) is 18.4 Å². The van der Waals surface area contributed by atoms with Gasteiger partial charge in [0.15, 0.2) is 11.6 Å². The van der Waals surface area contributed by atoms with Crippen molar-refractivity contribution >= 4 is 24.0 Å². The van der Waals surface area contributed by atoms with Gasteiger partial charge in [0.25, 0.3) is 5.91 Å². The Balaban J connectivity index is 1.44. The summed E-state index contributed by atoms with van der Waals surface area (Å²) in [5.74, 6) is -1.31. The third-order valence-electron chi connectivity index (χ3n) is 6.46. The maximum atomic E-state index is 13.8. The van der Waals surface area contributed by atoms with Crippen molar-refractivity contribution in [2.45, 2.75) is 30.0 Å². The molecule has 1 aliphatic heterocycles. The van der Waals surface area contributed by atoms with E-state index in [1.807, 2.05) is 31.3 Å². The van der Waals surface area contributed by atoms with Crippen molar-refractivity contribution in [1.82, 2.24) is 9.80 Å². The molecule has 0 saturated carbocycles. The van der Waals surface area contributed by atoms with Gasteiger partial charge in [0.2, 0.25) is 0 Å². The molecule has 3 aromatic carbocycles. The standard InChI is InChI=1S/C28H28F2N2O3S/c1-31(2)21-12-22(16-33)32(15-21)28(34)20-6-4-5-18(11-20)17-35-23-9-7-19(8-10-23)24-13-25(29)26(30)14-27(24)36-3/h4-11,13-14,16,21-22H,12,15,17H2,1-3H3/t21-,22+/m1/s1. The summed E-state index contributed by atoms with van der Waals surface area (Å²) in [6.45, 7) is 0.762. The SMILES string of the molecule is CSc1cc(F)c(F)cc1-c1ccc(OCc2cccc(C(=O)N3C[C@H](N(C)C)C[C@H]3C=O)c2)cc1. The molecule has 3 aromatic rings. The monoisotopic (exact) mass is 510 g/mol. The normalized spacial score (nSPS) is 17.4. The Labute approximate surface area is 214 Å². The van der Waals surface area contributed by atoms with Crippen LogP contribution in [-0.2, 0) is 11.4 Å². The van der Waals surface area contributed by atoms with Crippen LogP contribution in [0.2, 0.25) is 0 Å². The van der Waals surface area contributed by atoms with Gasteiger partial charge in [-0.15, -0.1) is 11.8 Å². The summed E-state index contributed by atoms with van der Waals surface area (Å²) in [4.78, 5) is 29.0. The zero-order chi connectivity index (χ0) is 25.8. The fourth-order valence-electron chi connectivity index (χ4n) is 4.36. The van der Waals surface area contributed by atoms with Crippen LogP contribution in [-0.4, -0.2) is 61.0 Å². The Morgan fingerprint density at radius 3 is 2.50 bits per heavy atom. The van der Waals surface area contributed by atoms with E-state index in [4.69, 9.17) is 4.74 Å². The number of thioether (sulfide) groups is 1. The number of ether oxygens (including phenoxy) is 1. The Bertz CT molecular complexity index is 1250. The molecule has 0 radical (unpaired) electrons. The third-order valence-corrected chi connectivity index (χ3v) is 7.23. The van der Waals surface area contributed by atoms with Crippen LogP contribution in [0.4, 0.5) is 8.78 Å². The van der Waals surface area contributed by atoms with Crippen molar-refractivity contribution in [1.29, 1.82) is 0 Å². The highest BCUT2D eigenvalue weighted by atomic mass is 32.2. The molecule has 188 valence electrons. The second-order valence-electron chi connectivity index (χ2n) is 8.99. The molecule has 1 aliphatic rings. The second kappa shape index (κ2) is 11.2. The Morgan fingerprint density at radius 2 is 1.83 bits per heavy atom. The van der Waals surface area contributed by atoms with Gasteiger partial charge in [0.05, 0.1) is 6.04 Å². The molecule has 1 saturated heterocycles. The molecule has 1 amide bonds. The highest BCUT2D eigenvalue weighted by Crippen LogP contribution is 2.33. The van der Waals surface area contributed by atoms with Gasteiger partial charge >= 0.3 is 0 Å². The van der Waals surface area contributed by atoms with Gasteiger partial charge in [-0.2, -0.15) is 0 Å². The lowest BCUT2D eigenvalue weighted by atomic mass is 10.1. The lowest BCUT2D eigenvalue weighted by molar-refractivity contribution is -0.111. The van der Waals surface area contributed by atoms with Crippen LogP contribution >= 0.6 is 11.8 Å². The fraction of sp³-hybridized carbons (Fsp3) is 0.286.